The van der Waals surface area contributed by atoms with Crippen LogP contribution in [0.15, 0.2) is 122 Å². The number of amides is 2. The lowest BCUT2D eigenvalue weighted by molar-refractivity contribution is -0.276. The molecule has 1 aromatic heterocycles. The van der Waals surface area contributed by atoms with E-state index in [0.29, 0.717) is 13.1 Å². The number of piperazine rings is 1. The van der Waals surface area contributed by atoms with Gasteiger partial charge in [0.25, 0.3) is 0 Å². The molecule has 2 aliphatic heterocycles. The number of aromatic nitrogens is 2. The number of carbonyl (C=O) groups excluding carboxylic acids is 1. The summed E-state index contributed by atoms with van der Waals surface area (Å²) in [5, 5.41) is 15.6. The number of aliphatic hydroxyl groups is 1. The molecule has 3 N–H and O–H groups in total. The number of hydrogen-bond acceptors (Lipinski definition) is 8. The molecule has 2 saturated heterocycles. The van der Waals surface area contributed by atoms with E-state index in [4.69, 9.17) is 9.47 Å². The second kappa shape index (κ2) is 16.9. The van der Waals surface area contributed by atoms with Crippen LogP contribution < -0.4 is 15.5 Å². The van der Waals surface area contributed by atoms with Crippen LogP contribution in [0.1, 0.15) is 47.1 Å². The fraction of sp³-hybridized carbons (Fsp3) is 0.310. The van der Waals surface area contributed by atoms with Crippen LogP contribution in [0.25, 0.3) is 11.1 Å². The average molecular weight is 699 g/mol. The van der Waals surface area contributed by atoms with Gasteiger partial charge in [0.05, 0.1) is 18.8 Å². The third-order valence-electron chi connectivity index (χ3n) is 9.94. The highest BCUT2D eigenvalue weighted by Gasteiger charge is 2.39. The number of ether oxygens (including phenoxy) is 2. The summed E-state index contributed by atoms with van der Waals surface area (Å²) in [5.41, 5.74) is 7.02. The molecule has 0 aliphatic carbocycles. The number of rotatable bonds is 11. The van der Waals surface area contributed by atoms with Crippen molar-refractivity contribution in [3.8, 4) is 11.1 Å². The van der Waals surface area contributed by atoms with Gasteiger partial charge in [0.15, 0.2) is 6.29 Å². The molecule has 4 aromatic carbocycles. The lowest BCUT2D eigenvalue weighted by Crippen LogP contribution is -2.51. The van der Waals surface area contributed by atoms with Crippen LogP contribution in [-0.4, -0.2) is 64.8 Å². The van der Waals surface area contributed by atoms with Gasteiger partial charge in [0.2, 0.25) is 5.95 Å². The van der Waals surface area contributed by atoms with Gasteiger partial charge in [-0.1, -0.05) is 97.9 Å². The first-order valence-electron chi connectivity index (χ1n) is 18.0. The Bertz CT molecular complexity index is 1890. The monoisotopic (exact) mass is 698 g/mol. The lowest BCUT2D eigenvalue weighted by atomic mass is 9.89. The van der Waals surface area contributed by atoms with E-state index in [-0.39, 0.29) is 30.8 Å². The minimum atomic E-state index is -0.569. The van der Waals surface area contributed by atoms with Crippen molar-refractivity contribution in [2.75, 3.05) is 37.6 Å². The van der Waals surface area contributed by atoms with E-state index in [9.17, 15) is 9.90 Å². The van der Waals surface area contributed by atoms with E-state index in [1.807, 2.05) is 66.7 Å². The zero-order valence-corrected chi connectivity index (χ0v) is 29.5. The molecule has 2 fully saturated rings. The average Bonchev–Trinajstić information content (AvgIpc) is 3.21. The van der Waals surface area contributed by atoms with Crippen LogP contribution in [-0.2, 0) is 29.2 Å². The summed E-state index contributed by atoms with van der Waals surface area (Å²) in [5.74, 6) is 0.860. The molecule has 0 spiro atoms. The number of anilines is 1. The van der Waals surface area contributed by atoms with Gasteiger partial charge in [0.1, 0.15) is 0 Å². The van der Waals surface area contributed by atoms with Crippen molar-refractivity contribution < 1.29 is 19.4 Å². The van der Waals surface area contributed by atoms with Crippen LogP contribution in [0.3, 0.4) is 0 Å². The van der Waals surface area contributed by atoms with E-state index in [1.165, 1.54) is 0 Å². The summed E-state index contributed by atoms with van der Waals surface area (Å²) in [6.45, 7) is 7.36. The van der Waals surface area contributed by atoms with Gasteiger partial charge in [-0.05, 0) is 51.6 Å². The Morgan fingerprint density at radius 2 is 1.40 bits per heavy atom. The molecule has 3 heterocycles. The molecule has 4 unspecified atom stereocenters. The number of urea groups is 1. The molecule has 2 aliphatic rings. The maximum atomic E-state index is 12.5. The summed E-state index contributed by atoms with van der Waals surface area (Å²) in [6, 6.07) is 36.1. The van der Waals surface area contributed by atoms with Crippen molar-refractivity contribution in [2.24, 2.45) is 5.92 Å². The van der Waals surface area contributed by atoms with Crippen LogP contribution in [0.5, 0.6) is 0 Å². The number of carbonyl (C=O) groups is 1. The Hall–Kier alpha value is -5.13. The molecule has 0 radical (unpaired) electrons. The minimum absolute atomic E-state index is 0.00122. The van der Waals surface area contributed by atoms with Crippen molar-refractivity contribution in [1.29, 1.82) is 0 Å². The molecule has 10 heteroatoms. The number of nitrogens with one attached hydrogen (secondary N) is 2. The van der Waals surface area contributed by atoms with Crippen molar-refractivity contribution in [1.82, 2.24) is 25.5 Å². The first-order chi connectivity index (χ1) is 25.5. The topological polar surface area (TPSA) is 112 Å². The Kier molecular flexibility index (Phi) is 11.5. The number of hydrogen-bond donors (Lipinski definition) is 3. The third kappa shape index (κ3) is 8.83. The molecular weight excluding hydrogens is 653 g/mol. The van der Waals surface area contributed by atoms with Gasteiger partial charge >= 0.3 is 6.03 Å². The maximum Gasteiger partial charge on any atom is 0.315 e. The van der Waals surface area contributed by atoms with Crippen molar-refractivity contribution in [3.05, 3.63) is 149 Å². The first-order valence-corrected chi connectivity index (χ1v) is 18.0. The second-order valence-corrected chi connectivity index (χ2v) is 13.5. The summed E-state index contributed by atoms with van der Waals surface area (Å²) < 4.78 is 13.6. The van der Waals surface area contributed by atoms with Crippen molar-refractivity contribution in [3.63, 3.8) is 0 Å². The Labute approximate surface area is 305 Å². The van der Waals surface area contributed by atoms with E-state index < -0.39 is 6.29 Å². The van der Waals surface area contributed by atoms with Gasteiger partial charge in [-0.3, -0.25) is 4.90 Å². The predicted octanol–water partition coefficient (Wildman–Crippen LogP) is 6.25. The van der Waals surface area contributed by atoms with E-state index in [0.717, 1.165) is 77.6 Å². The first kappa shape index (κ1) is 35.3. The van der Waals surface area contributed by atoms with Gasteiger partial charge in [-0.25, -0.2) is 14.8 Å². The summed E-state index contributed by atoms with van der Waals surface area (Å²) in [4.78, 5) is 26.1. The quantitative estimate of drug-likeness (QED) is 0.149. The highest BCUT2D eigenvalue weighted by Crippen LogP contribution is 2.42. The van der Waals surface area contributed by atoms with Gasteiger partial charge < -0.3 is 30.1 Å². The molecule has 0 bridgehead atoms. The fourth-order valence-corrected chi connectivity index (χ4v) is 6.92. The van der Waals surface area contributed by atoms with Crippen LogP contribution >= 0.6 is 0 Å². The molecular formula is C42H46N6O4. The zero-order chi connectivity index (χ0) is 35.7. The number of nitrogens with zero attached hydrogens (tertiary/aromatic N) is 4. The van der Waals surface area contributed by atoms with E-state index in [1.54, 1.807) is 12.4 Å². The predicted molar refractivity (Wildman–Crippen MR) is 201 cm³/mol. The largest absolute Gasteiger partial charge is 0.392 e. The lowest BCUT2D eigenvalue weighted by Gasteiger charge is -2.44. The number of aliphatic hydroxyl groups excluding tert-OH is 1. The third-order valence-corrected chi connectivity index (χ3v) is 9.94. The SMILES string of the molecule is CC1C(CN2CCN(c3ncccn3)CC2)OC(c2cccc(-c3cccc(CNC(=O)NCc4ccccc4)c3)c2)OC1c1ccc(CO)cc1. The Morgan fingerprint density at radius 1 is 0.731 bits per heavy atom. The van der Waals surface area contributed by atoms with Crippen molar-refractivity contribution in [2.45, 2.75) is 45.1 Å². The molecule has 4 atom stereocenters. The molecule has 52 heavy (non-hydrogen) atoms. The van der Waals surface area contributed by atoms with Crippen molar-refractivity contribution >= 4 is 12.0 Å². The van der Waals surface area contributed by atoms with E-state index >= 15 is 0 Å². The number of benzene rings is 4. The molecule has 10 nitrogen and oxygen atoms in total. The van der Waals surface area contributed by atoms with Crippen LogP contribution in [0.4, 0.5) is 10.7 Å². The zero-order valence-electron chi connectivity index (χ0n) is 29.5. The van der Waals surface area contributed by atoms with Gasteiger partial charge in [-0.2, -0.15) is 0 Å². The molecule has 268 valence electrons. The molecule has 7 rings (SSSR count). The smallest absolute Gasteiger partial charge is 0.315 e. The minimum Gasteiger partial charge on any atom is -0.392 e. The van der Waals surface area contributed by atoms with E-state index in [2.05, 4.69) is 79.8 Å². The normalized spacial score (nSPS) is 20.7. The van der Waals surface area contributed by atoms with Gasteiger partial charge in [-0.15, -0.1) is 0 Å². The second-order valence-electron chi connectivity index (χ2n) is 13.5. The summed E-state index contributed by atoms with van der Waals surface area (Å²) in [6.07, 6.45) is 2.74. The molecule has 5 aromatic rings. The molecule has 0 saturated carbocycles. The van der Waals surface area contributed by atoms with Crippen LogP contribution in [0, 0.1) is 5.92 Å². The maximum absolute atomic E-state index is 12.5. The highest BCUT2D eigenvalue weighted by atomic mass is 16.7. The van der Waals surface area contributed by atoms with Gasteiger partial charge in [0, 0.05) is 69.7 Å². The summed E-state index contributed by atoms with van der Waals surface area (Å²) in [7, 11) is 0. The molecule has 2 amide bonds. The standard InChI is InChI=1S/C42H46N6O4/c1-30-38(28-47-20-22-48(23-21-47)41-43-18-7-19-44-41)51-40(52-39(30)34-16-14-32(29-49)15-17-34)37-13-6-12-36(25-37)35-11-5-10-33(24-35)27-46-42(50)45-26-31-8-3-2-4-9-31/h2-19,24-25,30,38-40,49H,20-23,26-29H2,1H3,(H2,45,46,50). The fourth-order valence-electron chi connectivity index (χ4n) is 6.92. The Balaban J connectivity index is 1.05. The Morgan fingerprint density at radius 3 is 2.13 bits per heavy atom. The van der Waals surface area contributed by atoms with Crippen LogP contribution in [0.2, 0.25) is 0 Å². The highest BCUT2D eigenvalue weighted by molar-refractivity contribution is 5.74. The summed E-state index contributed by atoms with van der Waals surface area (Å²) >= 11 is 0.